The molecule has 0 fully saturated rings. The summed E-state index contributed by atoms with van der Waals surface area (Å²) in [5, 5.41) is 14.6. The summed E-state index contributed by atoms with van der Waals surface area (Å²) in [5.41, 5.74) is 1.51. The summed E-state index contributed by atoms with van der Waals surface area (Å²) in [6.45, 7) is 0. The van der Waals surface area contributed by atoms with E-state index in [1.165, 1.54) is 12.1 Å². The van der Waals surface area contributed by atoms with Gasteiger partial charge < -0.3 is 5.32 Å². The van der Waals surface area contributed by atoms with Crippen molar-refractivity contribution in [1.82, 2.24) is 20.2 Å². The molecule has 1 N–H and O–H groups in total. The molecule has 0 spiro atoms. The molecule has 6 nitrogen and oxygen atoms in total. The second-order valence-corrected chi connectivity index (χ2v) is 7.14. The molecule has 1 heterocycles. The lowest BCUT2D eigenvalue weighted by Gasteiger charge is -2.07. The van der Waals surface area contributed by atoms with Gasteiger partial charge in [0.1, 0.15) is 5.82 Å². The van der Waals surface area contributed by atoms with E-state index in [0.717, 1.165) is 16.4 Å². The average molecular weight is 405 g/mol. The van der Waals surface area contributed by atoms with Gasteiger partial charge in [-0.1, -0.05) is 30.3 Å². The predicted molar refractivity (Wildman–Crippen MR) is 110 cm³/mol. The van der Waals surface area contributed by atoms with Gasteiger partial charge in [0.25, 0.3) is 5.91 Å². The number of carbonyl (C=O) groups is 1. The molecule has 0 bridgehead atoms. The van der Waals surface area contributed by atoms with Crippen molar-refractivity contribution in [2.75, 3.05) is 5.32 Å². The normalized spacial score (nSPS) is 10.7. The number of rotatable bonds is 6. The first-order chi connectivity index (χ1) is 14.2. The van der Waals surface area contributed by atoms with Crippen LogP contribution in [-0.4, -0.2) is 26.1 Å². The fourth-order valence-electron chi connectivity index (χ4n) is 2.69. The summed E-state index contributed by atoms with van der Waals surface area (Å²) >= 11 is 1.58. The number of anilines is 1. The molecule has 0 aliphatic heterocycles. The summed E-state index contributed by atoms with van der Waals surface area (Å²) in [5.74, 6) is 0.292. The topological polar surface area (TPSA) is 72.7 Å². The lowest BCUT2D eigenvalue weighted by molar-refractivity contribution is 0.102. The van der Waals surface area contributed by atoms with E-state index in [4.69, 9.17) is 0 Å². The quantitative estimate of drug-likeness (QED) is 0.483. The van der Waals surface area contributed by atoms with Crippen LogP contribution in [0.4, 0.5) is 10.1 Å². The second-order valence-electron chi connectivity index (χ2n) is 6.09. The van der Waals surface area contributed by atoms with Crippen molar-refractivity contribution >= 4 is 23.4 Å². The van der Waals surface area contributed by atoms with E-state index in [9.17, 15) is 9.18 Å². The standard InChI is InChI=1S/C21H16FN5OS/c22-19-9-5-4-8-18(19)21(28)23-15-10-12-17(13-11-15)29-14-20-24-25-26-27(20)16-6-2-1-3-7-16/h1-13H,14H2,(H,23,28). The van der Waals surface area contributed by atoms with Crippen LogP contribution in [0, 0.1) is 5.82 Å². The minimum Gasteiger partial charge on any atom is -0.322 e. The van der Waals surface area contributed by atoms with Gasteiger partial charge in [-0.2, -0.15) is 4.68 Å². The highest BCUT2D eigenvalue weighted by atomic mass is 32.2. The molecule has 0 aliphatic rings. The van der Waals surface area contributed by atoms with Crippen molar-refractivity contribution in [2.24, 2.45) is 0 Å². The van der Waals surface area contributed by atoms with Crippen molar-refractivity contribution in [3.63, 3.8) is 0 Å². The van der Waals surface area contributed by atoms with Gasteiger partial charge in [0.15, 0.2) is 5.82 Å². The van der Waals surface area contributed by atoms with Crippen LogP contribution in [0.3, 0.4) is 0 Å². The van der Waals surface area contributed by atoms with E-state index in [1.54, 1.807) is 40.7 Å². The van der Waals surface area contributed by atoms with Gasteiger partial charge in [0, 0.05) is 10.6 Å². The number of nitrogens with zero attached hydrogens (tertiary/aromatic N) is 4. The smallest absolute Gasteiger partial charge is 0.258 e. The SMILES string of the molecule is O=C(Nc1ccc(SCc2nnnn2-c2ccccc2)cc1)c1ccccc1F. The second kappa shape index (κ2) is 8.66. The number of para-hydroxylation sites is 1. The lowest BCUT2D eigenvalue weighted by atomic mass is 10.2. The van der Waals surface area contributed by atoms with Crippen LogP contribution in [0.1, 0.15) is 16.2 Å². The van der Waals surface area contributed by atoms with E-state index >= 15 is 0 Å². The minimum absolute atomic E-state index is 0.0127. The van der Waals surface area contributed by atoms with Crippen molar-refractivity contribution < 1.29 is 9.18 Å². The van der Waals surface area contributed by atoms with Crippen molar-refractivity contribution in [1.29, 1.82) is 0 Å². The summed E-state index contributed by atoms with van der Waals surface area (Å²) in [6, 6.07) is 22.9. The highest BCUT2D eigenvalue weighted by Crippen LogP contribution is 2.24. The van der Waals surface area contributed by atoms with Crippen LogP contribution >= 0.6 is 11.8 Å². The summed E-state index contributed by atoms with van der Waals surface area (Å²) in [7, 11) is 0. The first kappa shape index (κ1) is 18.8. The molecule has 1 amide bonds. The van der Waals surface area contributed by atoms with Gasteiger partial charge in [0.2, 0.25) is 0 Å². The molecule has 4 aromatic rings. The first-order valence-electron chi connectivity index (χ1n) is 8.82. The van der Waals surface area contributed by atoms with E-state index in [2.05, 4.69) is 20.8 Å². The zero-order chi connectivity index (χ0) is 20.1. The van der Waals surface area contributed by atoms with E-state index in [-0.39, 0.29) is 5.56 Å². The van der Waals surface area contributed by atoms with Crippen LogP contribution in [0.15, 0.2) is 83.8 Å². The van der Waals surface area contributed by atoms with Crippen LogP contribution in [0.5, 0.6) is 0 Å². The zero-order valence-electron chi connectivity index (χ0n) is 15.2. The molecule has 144 valence electrons. The molecule has 4 rings (SSSR count). The molecular formula is C21H16FN5OS. The Morgan fingerprint density at radius 3 is 2.45 bits per heavy atom. The Labute approximate surface area is 170 Å². The molecule has 0 aliphatic carbocycles. The number of aromatic nitrogens is 4. The summed E-state index contributed by atoms with van der Waals surface area (Å²) in [6.07, 6.45) is 0. The lowest BCUT2D eigenvalue weighted by Crippen LogP contribution is -2.13. The number of thioether (sulfide) groups is 1. The third-order valence-corrected chi connectivity index (χ3v) is 5.14. The third kappa shape index (κ3) is 4.49. The molecule has 0 saturated carbocycles. The molecule has 0 radical (unpaired) electrons. The summed E-state index contributed by atoms with van der Waals surface area (Å²) in [4.78, 5) is 13.2. The van der Waals surface area contributed by atoms with Gasteiger partial charge in [-0.15, -0.1) is 16.9 Å². The van der Waals surface area contributed by atoms with E-state index < -0.39 is 11.7 Å². The fraction of sp³-hybridized carbons (Fsp3) is 0.0476. The predicted octanol–water partition coefficient (Wildman–Crippen LogP) is 4.35. The number of carbonyl (C=O) groups excluding carboxylic acids is 1. The van der Waals surface area contributed by atoms with Crippen molar-refractivity contribution in [3.05, 3.63) is 96.1 Å². The molecule has 29 heavy (non-hydrogen) atoms. The largest absolute Gasteiger partial charge is 0.322 e. The number of amides is 1. The van der Waals surface area contributed by atoms with Crippen molar-refractivity contribution in [3.8, 4) is 5.69 Å². The Hall–Kier alpha value is -3.52. The molecular weight excluding hydrogens is 389 g/mol. The van der Waals surface area contributed by atoms with Gasteiger partial charge >= 0.3 is 0 Å². The number of benzene rings is 3. The maximum Gasteiger partial charge on any atom is 0.258 e. The van der Waals surface area contributed by atoms with Crippen molar-refractivity contribution in [2.45, 2.75) is 10.6 Å². The third-order valence-electron chi connectivity index (χ3n) is 4.13. The molecule has 0 unspecified atom stereocenters. The highest BCUT2D eigenvalue weighted by molar-refractivity contribution is 7.98. The van der Waals surface area contributed by atoms with Gasteiger partial charge in [-0.3, -0.25) is 4.79 Å². The van der Waals surface area contributed by atoms with E-state index in [1.807, 2.05) is 42.5 Å². The average Bonchev–Trinajstić information content (AvgIpc) is 3.23. The van der Waals surface area contributed by atoms with Crippen LogP contribution in [-0.2, 0) is 5.75 Å². The zero-order valence-corrected chi connectivity index (χ0v) is 16.0. The maximum absolute atomic E-state index is 13.7. The van der Waals surface area contributed by atoms with Gasteiger partial charge in [-0.05, 0) is 59.0 Å². The summed E-state index contributed by atoms with van der Waals surface area (Å²) < 4.78 is 15.4. The van der Waals surface area contributed by atoms with Crippen LogP contribution in [0.25, 0.3) is 5.69 Å². The maximum atomic E-state index is 13.7. The molecule has 8 heteroatoms. The Kier molecular flexibility index (Phi) is 5.62. The van der Waals surface area contributed by atoms with Crippen LogP contribution in [0.2, 0.25) is 0 Å². The number of halogens is 1. The molecule has 0 saturated heterocycles. The number of tetrazole rings is 1. The van der Waals surface area contributed by atoms with E-state index in [0.29, 0.717) is 11.4 Å². The number of hydrogen-bond donors (Lipinski definition) is 1. The van der Waals surface area contributed by atoms with Gasteiger partial charge in [0.05, 0.1) is 17.0 Å². The van der Waals surface area contributed by atoms with Crippen LogP contribution < -0.4 is 5.32 Å². The first-order valence-corrected chi connectivity index (χ1v) is 9.81. The minimum atomic E-state index is -0.548. The fourth-order valence-corrected chi connectivity index (χ4v) is 3.50. The molecule has 1 aromatic heterocycles. The molecule has 0 atom stereocenters. The Bertz CT molecular complexity index is 1120. The highest BCUT2D eigenvalue weighted by Gasteiger charge is 2.11. The number of nitrogens with one attached hydrogen (secondary N) is 1. The Balaban J connectivity index is 1.39. The Morgan fingerprint density at radius 2 is 1.69 bits per heavy atom. The molecule has 3 aromatic carbocycles. The Morgan fingerprint density at radius 1 is 0.966 bits per heavy atom. The van der Waals surface area contributed by atoms with Gasteiger partial charge in [-0.25, -0.2) is 4.39 Å². The monoisotopic (exact) mass is 405 g/mol. The number of hydrogen-bond acceptors (Lipinski definition) is 5.